The van der Waals surface area contributed by atoms with Gasteiger partial charge in [-0.2, -0.15) is 0 Å². The van der Waals surface area contributed by atoms with Crippen molar-refractivity contribution in [2.75, 3.05) is 0 Å². The van der Waals surface area contributed by atoms with Crippen molar-refractivity contribution in [1.29, 1.82) is 0 Å². The Labute approximate surface area is 61.5 Å². The highest BCUT2D eigenvalue weighted by Gasteiger charge is 2.23. The Morgan fingerprint density at radius 1 is 1.30 bits per heavy atom. The average Bonchev–Trinajstić information content (AvgIpc) is 2.11. The zero-order chi connectivity index (χ0) is 7.72. The Kier molecular flexibility index (Phi) is 1.79. The molecule has 1 rings (SSSR count). The molecule has 0 fully saturated rings. The van der Waals surface area contributed by atoms with E-state index in [0.29, 0.717) is 0 Å². The van der Waals surface area contributed by atoms with Gasteiger partial charge in [0.25, 0.3) is 0 Å². The van der Waals surface area contributed by atoms with E-state index in [-0.39, 0.29) is 18.0 Å². The number of nitrogens with zero attached hydrogens (tertiary/aromatic N) is 1. The molecule has 0 aromatic rings. The van der Waals surface area contributed by atoms with Gasteiger partial charge in [-0.1, -0.05) is 12.2 Å². The standard InChI is InChI=1S/C8H13NO/c1-6-4-5-7(2)9(6)8(3)10/h4-7H,1-3H3. The number of hydrogen-bond acceptors (Lipinski definition) is 1. The van der Waals surface area contributed by atoms with Crippen molar-refractivity contribution in [2.45, 2.75) is 32.9 Å². The van der Waals surface area contributed by atoms with Crippen LogP contribution in [0.15, 0.2) is 12.2 Å². The van der Waals surface area contributed by atoms with Gasteiger partial charge in [0.05, 0.1) is 0 Å². The van der Waals surface area contributed by atoms with E-state index in [9.17, 15) is 4.79 Å². The van der Waals surface area contributed by atoms with E-state index >= 15 is 0 Å². The molecule has 0 saturated heterocycles. The Hall–Kier alpha value is -0.790. The Morgan fingerprint density at radius 3 is 1.90 bits per heavy atom. The molecule has 0 aliphatic carbocycles. The van der Waals surface area contributed by atoms with Crippen molar-refractivity contribution in [1.82, 2.24) is 4.90 Å². The van der Waals surface area contributed by atoms with Gasteiger partial charge in [-0.05, 0) is 13.8 Å². The van der Waals surface area contributed by atoms with Crippen LogP contribution in [-0.2, 0) is 4.79 Å². The minimum absolute atomic E-state index is 0.157. The first-order chi connectivity index (χ1) is 4.63. The van der Waals surface area contributed by atoms with E-state index in [0.717, 1.165) is 0 Å². The van der Waals surface area contributed by atoms with Crippen LogP contribution in [-0.4, -0.2) is 22.9 Å². The maximum absolute atomic E-state index is 11.0. The predicted molar refractivity (Wildman–Crippen MR) is 40.6 cm³/mol. The fourth-order valence-corrected chi connectivity index (χ4v) is 1.45. The first-order valence-electron chi connectivity index (χ1n) is 3.60. The maximum atomic E-state index is 11.0. The van der Waals surface area contributed by atoms with Crippen LogP contribution in [0.4, 0.5) is 0 Å². The van der Waals surface area contributed by atoms with Crippen LogP contribution in [0.1, 0.15) is 20.8 Å². The van der Waals surface area contributed by atoms with Crippen LogP contribution in [0, 0.1) is 0 Å². The monoisotopic (exact) mass is 139 g/mol. The summed E-state index contributed by atoms with van der Waals surface area (Å²) in [6.07, 6.45) is 4.12. The van der Waals surface area contributed by atoms with Crippen molar-refractivity contribution in [3.8, 4) is 0 Å². The SMILES string of the molecule is CC(=O)N1C(C)C=CC1C. The largest absolute Gasteiger partial charge is 0.331 e. The molecule has 0 aromatic heterocycles. The molecule has 1 amide bonds. The molecule has 0 spiro atoms. The van der Waals surface area contributed by atoms with E-state index in [2.05, 4.69) is 12.2 Å². The lowest BCUT2D eigenvalue weighted by Gasteiger charge is -2.24. The summed E-state index contributed by atoms with van der Waals surface area (Å²) in [5, 5.41) is 0. The molecule has 0 bridgehead atoms. The van der Waals surface area contributed by atoms with Gasteiger partial charge in [0, 0.05) is 19.0 Å². The lowest BCUT2D eigenvalue weighted by Crippen LogP contribution is -2.37. The Bertz CT molecular complexity index is 162. The second-order valence-corrected chi connectivity index (χ2v) is 2.79. The molecule has 0 radical (unpaired) electrons. The van der Waals surface area contributed by atoms with Crippen molar-refractivity contribution < 1.29 is 4.79 Å². The second kappa shape index (κ2) is 2.45. The predicted octanol–water partition coefficient (Wildman–Crippen LogP) is 1.18. The van der Waals surface area contributed by atoms with Crippen LogP contribution in [0.25, 0.3) is 0 Å². The molecule has 1 aliphatic rings. The van der Waals surface area contributed by atoms with E-state index in [1.54, 1.807) is 6.92 Å². The first kappa shape index (κ1) is 7.32. The third-order valence-corrected chi connectivity index (χ3v) is 1.91. The summed E-state index contributed by atoms with van der Waals surface area (Å²) in [6, 6.07) is 0.569. The normalized spacial score (nSPS) is 31.3. The summed E-state index contributed by atoms with van der Waals surface area (Å²) in [7, 11) is 0. The van der Waals surface area contributed by atoms with Crippen LogP contribution < -0.4 is 0 Å². The fraction of sp³-hybridized carbons (Fsp3) is 0.625. The topological polar surface area (TPSA) is 20.3 Å². The van der Waals surface area contributed by atoms with Gasteiger partial charge < -0.3 is 4.90 Å². The first-order valence-corrected chi connectivity index (χ1v) is 3.60. The average molecular weight is 139 g/mol. The summed E-state index contributed by atoms with van der Waals surface area (Å²) in [5.74, 6) is 0.157. The quantitative estimate of drug-likeness (QED) is 0.461. The van der Waals surface area contributed by atoms with Gasteiger partial charge in [-0.25, -0.2) is 0 Å². The lowest BCUT2D eigenvalue weighted by molar-refractivity contribution is -0.130. The van der Waals surface area contributed by atoms with Crippen LogP contribution in [0.2, 0.25) is 0 Å². The summed E-state index contributed by atoms with van der Waals surface area (Å²) < 4.78 is 0. The van der Waals surface area contributed by atoms with Crippen molar-refractivity contribution in [2.24, 2.45) is 0 Å². The maximum Gasteiger partial charge on any atom is 0.220 e. The third kappa shape index (κ3) is 1.06. The van der Waals surface area contributed by atoms with E-state index in [4.69, 9.17) is 0 Å². The van der Waals surface area contributed by atoms with Crippen LogP contribution in [0.5, 0.6) is 0 Å². The molecule has 0 saturated carbocycles. The molecule has 2 heteroatoms. The smallest absolute Gasteiger partial charge is 0.220 e. The number of rotatable bonds is 0. The van der Waals surface area contributed by atoms with Gasteiger partial charge >= 0.3 is 0 Å². The summed E-state index contributed by atoms with van der Waals surface area (Å²) >= 11 is 0. The zero-order valence-corrected chi connectivity index (χ0v) is 6.66. The zero-order valence-electron chi connectivity index (χ0n) is 6.66. The minimum atomic E-state index is 0.157. The molecule has 0 N–H and O–H groups in total. The van der Waals surface area contributed by atoms with Gasteiger partial charge in [0.15, 0.2) is 0 Å². The lowest BCUT2D eigenvalue weighted by atomic mass is 10.3. The molecule has 10 heavy (non-hydrogen) atoms. The van der Waals surface area contributed by atoms with Gasteiger partial charge in [0.1, 0.15) is 0 Å². The van der Waals surface area contributed by atoms with Gasteiger partial charge in [-0.3, -0.25) is 4.79 Å². The molecule has 1 aliphatic heterocycles. The van der Waals surface area contributed by atoms with E-state index in [1.165, 1.54) is 0 Å². The van der Waals surface area contributed by atoms with Crippen molar-refractivity contribution >= 4 is 5.91 Å². The minimum Gasteiger partial charge on any atom is -0.331 e. The molecule has 2 unspecified atom stereocenters. The van der Waals surface area contributed by atoms with Crippen molar-refractivity contribution in [3.63, 3.8) is 0 Å². The fourth-order valence-electron chi connectivity index (χ4n) is 1.45. The van der Waals surface area contributed by atoms with Crippen LogP contribution >= 0.6 is 0 Å². The third-order valence-electron chi connectivity index (χ3n) is 1.91. The number of hydrogen-bond donors (Lipinski definition) is 0. The highest BCUT2D eigenvalue weighted by Crippen LogP contribution is 2.15. The molecule has 2 atom stereocenters. The molecule has 1 heterocycles. The number of carbonyl (C=O) groups excluding carboxylic acids is 1. The molecular formula is C8H13NO. The molecule has 0 aromatic carbocycles. The molecular weight excluding hydrogens is 126 g/mol. The van der Waals surface area contributed by atoms with Crippen molar-refractivity contribution in [3.05, 3.63) is 12.2 Å². The number of amides is 1. The molecule has 2 nitrogen and oxygen atoms in total. The highest BCUT2D eigenvalue weighted by molar-refractivity contribution is 5.75. The summed E-state index contributed by atoms with van der Waals surface area (Å²) in [4.78, 5) is 12.8. The van der Waals surface area contributed by atoms with E-state index in [1.807, 2.05) is 18.7 Å². The summed E-state index contributed by atoms with van der Waals surface area (Å²) in [6.45, 7) is 5.67. The highest BCUT2D eigenvalue weighted by atomic mass is 16.2. The van der Waals surface area contributed by atoms with Crippen LogP contribution in [0.3, 0.4) is 0 Å². The molecule has 56 valence electrons. The summed E-state index contributed by atoms with van der Waals surface area (Å²) in [5.41, 5.74) is 0. The van der Waals surface area contributed by atoms with E-state index < -0.39 is 0 Å². The Morgan fingerprint density at radius 2 is 1.70 bits per heavy atom. The Balaban J connectivity index is 2.69. The van der Waals surface area contributed by atoms with Gasteiger partial charge in [-0.15, -0.1) is 0 Å². The van der Waals surface area contributed by atoms with Gasteiger partial charge in [0.2, 0.25) is 5.91 Å². The second-order valence-electron chi connectivity index (χ2n) is 2.79. The number of carbonyl (C=O) groups is 1.